The van der Waals surface area contributed by atoms with E-state index < -0.39 is 11.5 Å². The number of hydrogen-bond donors (Lipinski definition) is 2. The van der Waals surface area contributed by atoms with Crippen LogP contribution in [-0.2, 0) is 9.53 Å². The Morgan fingerprint density at radius 3 is 2.47 bits per heavy atom. The van der Waals surface area contributed by atoms with Gasteiger partial charge in [-0.15, -0.1) is 0 Å². The first kappa shape index (κ1) is 18.4. The van der Waals surface area contributed by atoms with E-state index in [1.54, 1.807) is 7.05 Å². The highest BCUT2D eigenvalue weighted by Crippen LogP contribution is 2.17. The number of carboxylic acid groups (broad SMARTS) is 1. The zero-order valence-electron chi connectivity index (χ0n) is 13.0. The van der Waals surface area contributed by atoms with Crippen molar-refractivity contribution in [1.82, 2.24) is 10.2 Å². The van der Waals surface area contributed by atoms with Crippen molar-refractivity contribution in [3.63, 3.8) is 0 Å². The lowest BCUT2D eigenvalue weighted by atomic mass is 9.90. The fourth-order valence-corrected chi connectivity index (χ4v) is 2.05. The van der Waals surface area contributed by atoms with Crippen molar-refractivity contribution in [3.05, 3.63) is 0 Å². The summed E-state index contributed by atoms with van der Waals surface area (Å²) >= 11 is 0. The average molecular weight is 274 g/mol. The third kappa shape index (κ3) is 6.89. The van der Waals surface area contributed by atoms with Crippen LogP contribution < -0.4 is 5.32 Å². The molecule has 114 valence electrons. The van der Waals surface area contributed by atoms with Gasteiger partial charge in [0.05, 0.1) is 12.7 Å². The summed E-state index contributed by atoms with van der Waals surface area (Å²) in [6, 6.07) is 0. The van der Waals surface area contributed by atoms with Crippen LogP contribution in [0.15, 0.2) is 0 Å². The summed E-state index contributed by atoms with van der Waals surface area (Å²) < 4.78 is 5.49. The summed E-state index contributed by atoms with van der Waals surface area (Å²) in [5.41, 5.74) is -0.782. The molecule has 0 rings (SSSR count). The van der Waals surface area contributed by atoms with Crippen LogP contribution in [0.1, 0.15) is 40.0 Å². The highest BCUT2D eigenvalue weighted by Gasteiger charge is 2.34. The maximum Gasteiger partial charge on any atom is 0.323 e. The normalized spacial score (nSPS) is 14.9. The zero-order valence-corrected chi connectivity index (χ0v) is 13.0. The SMILES string of the molecule is CCC(CCCN(C)CCOC(C)C)(NC)C(=O)O. The van der Waals surface area contributed by atoms with Gasteiger partial charge in [-0.2, -0.15) is 0 Å². The Hall–Kier alpha value is -0.650. The lowest BCUT2D eigenvalue weighted by Gasteiger charge is -2.28. The molecular weight excluding hydrogens is 244 g/mol. The summed E-state index contributed by atoms with van der Waals surface area (Å²) in [5, 5.41) is 12.2. The van der Waals surface area contributed by atoms with Crippen molar-refractivity contribution in [3.8, 4) is 0 Å². The van der Waals surface area contributed by atoms with Gasteiger partial charge in [-0.25, -0.2) is 0 Å². The molecule has 2 N–H and O–H groups in total. The van der Waals surface area contributed by atoms with Crippen molar-refractivity contribution in [2.45, 2.75) is 51.7 Å². The van der Waals surface area contributed by atoms with E-state index in [0.29, 0.717) is 12.8 Å². The van der Waals surface area contributed by atoms with E-state index in [1.807, 2.05) is 27.8 Å². The van der Waals surface area contributed by atoms with E-state index in [4.69, 9.17) is 4.74 Å². The van der Waals surface area contributed by atoms with Gasteiger partial charge in [0, 0.05) is 6.54 Å². The molecule has 1 atom stereocenters. The summed E-state index contributed by atoms with van der Waals surface area (Å²) in [5.74, 6) is -0.761. The number of rotatable bonds is 11. The lowest BCUT2D eigenvalue weighted by Crippen LogP contribution is -2.50. The van der Waals surface area contributed by atoms with Gasteiger partial charge in [0.2, 0.25) is 0 Å². The number of nitrogens with zero attached hydrogens (tertiary/aromatic N) is 1. The van der Waals surface area contributed by atoms with Gasteiger partial charge in [-0.1, -0.05) is 6.92 Å². The van der Waals surface area contributed by atoms with Gasteiger partial charge in [0.1, 0.15) is 5.54 Å². The highest BCUT2D eigenvalue weighted by molar-refractivity contribution is 5.78. The maximum absolute atomic E-state index is 11.3. The molecule has 0 heterocycles. The third-order valence-electron chi connectivity index (χ3n) is 3.56. The van der Waals surface area contributed by atoms with Crippen LogP contribution in [0, 0.1) is 0 Å². The van der Waals surface area contributed by atoms with E-state index in [2.05, 4.69) is 10.2 Å². The number of nitrogens with one attached hydrogen (secondary N) is 1. The summed E-state index contributed by atoms with van der Waals surface area (Å²) in [4.78, 5) is 13.5. The van der Waals surface area contributed by atoms with Crippen LogP contribution in [0.3, 0.4) is 0 Å². The number of likely N-dealkylation sites (N-methyl/N-ethyl adjacent to an activating group) is 2. The molecule has 0 aromatic carbocycles. The molecule has 0 fully saturated rings. The Balaban J connectivity index is 3.96. The molecule has 0 radical (unpaired) electrons. The molecule has 19 heavy (non-hydrogen) atoms. The quantitative estimate of drug-likeness (QED) is 0.599. The Morgan fingerprint density at radius 2 is 2.05 bits per heavy atom. The molecule has 0 saturated carbocycles. The molecule has 0 aliphatic rings. The fourth-order valence-electron chi connectivity index (χ4n) is 2.05. The van der Waals surface area contributed by atoms with Crippen LogP contribution in [0.5, 0.6) is 0 Å². The molecule has 1 unspecified atom stereocenters. The van der Waals surface area contributed by atoms with Crippen LogP contribution >= 0.6 is 0 Å². The van der Waals surface area contributed by atoms with Crippen LogP contribution in [0.4, 0.5) is 0 Å². The summed E-state index contributed by atoms with van der Waals surface area (Å²) in [6.45, 7) is 8.44. The molecule has 0 aromatic rings. The van der Waals surface area contributed by atoms with Crippen molar-refractivity contribution in [2.24, 2.45) is 0 Å². The third-order valence-corrected chi connectivity index (χ3v) is 3.56. The first-order valence-corrected chi connectivity index (χ1v) is 7.10. The van der Waals surface area contributed by atoms with Crippen LogP contribution in [0.2, 0.25) is 0 Å². The standard InChI is InChI=1S/C14H30N2O3/c1-6-14(15-4,13(17)18)8-7-9-16(5)10-11-19-12(2)3/h12,15H,6-11H2,1-5H3,(H,17,18). The molecule has 5 heteroatoms. The molecule has 0 aliphatic carbocycles. The molecule has 0 amide bonds. The lowest BCUT2D eigenvalue weighted by molar-refractivity contribution is -0.145. The van der Waals surface area contributed by atoms with Crippen LogP contribution in [0.25, 0.3) is 0 Å². The van der Waals surface area contributed by atoms with E-state index in [0.717, 1.165) is 26.1 Å². The highest BCUT2D eigenvalue weighted by atomic mass is 16.5. The van der Waals surface area contributed by atoms with Crippen molar-refractivity contribution in [1.29, 1.82) is 0 Å². The zero-order chi connectivity index (χ0) is 14.9. The fraction of sp³-hybridized carbons (Fsp3) is 0.929. The Morgan fingerprint density at radius 1 is 1.42 bits per heavy atom. The number of carboxylic acids is 1. The Bertz CT molecular complexity index is 253. The largest absolute Gasteiger partial charge is 0.480 e. The summed E-state index contributed by atoms with van der Waals surface area (Å²) in [6.07, 6.45) is 2.36. The van der Waals surface area contributed by atoms with Gasteiger partial charge in [-0.05, 0) is 53.8 Å². The molecular formula is C14H30N2O3. The van der Waals surface area contributed by atoms with Gasteiger partial charge in [-0.3, -0.25) is 4.79 Å². The second-order valence-electron chi connectivity index (χ2n) is 5.32. The molecule has 0 spiro atoms. The topological polar surface area (TPSA) is 61.8 Å². The average Bonchev–Trinajstić information content (AvgIpc) is 2.34. The number of carbonyl (C=O) groups is 1. The Labute approximate surface area is 117 Å². The summed E-state index contributed by atoms with van der Waals surface area (Å²) in [7, 11) is 3.76. The predicted molar refractivity (Wildman–Crippen MR) is 77.5 cm³/mol. The molecule has 0 aliphatic heterocycles. The van der Waals surface area contributed by atoms with Gasteiger partial charge >= 0.3 is 5.97 Å². The first-order valence-electron chi connectivity index (χ1n) is 7.10. The van der Waals surface area contributed by atoms with Gasteiger partial charge in [0.15, 0.2) is 0 Å². The molecule has 0 bridgehead atoms. The van der Waals surface area contributed by atoms with Gasteiger partial charge < -0.3 is 20.1 Å². The first-order chi connectivity index (χ1) is 8.88. The minimum absolute atomic E-state index is 0.262. The van der Waals surface area contributed by atoms with Crippen molar-refractivity contribution in [2.75, 3.05) is 33.8 Å². The molecule has 0 aromatic heterocycles. The monoisotopic (exact) mass is 274 g/mol. The second-order valence-corrected chi connectivity index (χ2v) is 5.32. The van der Waals surface area contributed by atoms with E-state index in [9.17, 15) is 9.90 Å². The minimum atomic E-state index is -0.782. The second kappa shape index (κ2) is 9.28. The maximum atomic E-state index is 11.3. The number of ether oxygens (including phenoxy) is 1. The van der Waals surface area contributed by atoms with Gasteiger partial charge in [0.25, 0.3) is 0 Å². The van der Waals surface area contributed by atoms with E-state index >= 15 is 0 Å². The van der Waals surface area contributed by atoms with Crippen molar-refractivity contribution >= 4 is 5.97 Å². The number of aliphatic carboxylic acids is 1. The number of hydrogen-bond acceptors (Lipinski definition) is 4. The van der Waals surface area contributed by atoms with E-state index in [1.165, 1.54) is 0 Å². The van der Waals surface area contributed by atoms with E-state index in [-0.39, 0.29) is 6.10 Å². The van der Waals surface area contributed by atoms with Crippen molar-refractivity contribution < 1.29 is 14.6 Å². The Kier molecular flexibility index (Phi) is 8.97. The predicted octanol–water partition coefficient (Wildman–Crippen LogP) is 1.58. The smallest absolute Gasteiger partial charge is 0.323 e. The minimum Gasteiger partial charge on any atom is -0.480 e. The molecule has 0 saturated heterocycles. The van der Waals surface area contributed by atoms with Crippen LogP contribution in [-0.4, -0.2) is 61.4 Å². The molecule has 5 nitrogen and oxygen atoms in total.